The summed E-state index contributed by atoms with van der Waals surface area (Å²) in [6.07, 6.45) is 3.89. The fraction of sp³-hybridized carbons (Fsp3) is 0.545. The van der Waals surface area contributed by atoms with Gasteiger partial charge in [-0.05, 0) is 31.4 Å². The molecule has 0 radical (unpaired) electrons. The van der Waals surface area contributed by atoms with E-state index >= 15 is 0 Å². The highest BCUT2D eigenvalue weighted by Crippen LogP contribution is 2.10. The Morgan fingerprint density at radius 3 is 2.43 bits per heavy atom. The Bertz CT molecular complexity index is 249. The number of hydrogen-bond donors (Lipinski definition) is 2. The van der Waals surface area contributed by atoms with Crippen LogP contribution in [-0.2, 0) is 4.79 Å². The highest BCUT2D eigenvalue weighted by molar-refractivity contribution is 5.71. The summed E-state index contributed by atoms with van der Waals surface area (Å²) in [5, 5.41) is 17.9. The second-order valence-corrected chi connectivity index (χ2v) is 3.32. The average molecular weight is 198 g/mol. The van der Waals surface area contributed by atoms with E-state index in [1.54, 1.807) is 19.9 Å². The van der Waals surface area contributed by atoms with Crippen molar-refractivity contribution in [1.82, 2.24) is 0 Å². The molecule has 0 spiro atoms. The van der Waals surface area contributed by atoms with Gasteiger partial charge in [0, 0.05) is 0 Å². The minimum absolute atomic E-state index is 0.0118. The summed E-state index contributed by atoms with van der Waals surface area (Å²) in [5.74, 6) is -0.848. The van der Waals surface area contributed by atoms with Crippen LogP contribution in [0.15, 0.2) is 23.3 Å². The van der Waals surface area contributed by atoms with E-state index in [1.807, 2.05) is 13.0 Å². The molecule has 1 atom stereocenters. The topological polar surface area (TPSA) is 57.5 Å². The molecule has 14 heavy (non-hydrogen) atoms. The highest BCUT2D eigenvalue weighted by Gasteiger charge is 2.03. The summed E-state index contributed by atoms with van der Waals surface area (Å²) in [6.45, 7) is 5.40. The zero-order valence-electron chi connectivity index (χ0n) is 8.95. The first-order chi connectivity index (χ1) is 6.47. The SMILES string of the molecule is CC/C=C(\C=C(\C)C(C)O)CC(=O)O. The zero-order chi connectivity index (χ0) is 11.1. The lowest BCUT2D eigenvalue weighted by molar-refractivity contribution is -0.136. The van der Waals surface area contributed by atoms with Crippen LogP contribution >= 0.6 is 0 Å². The summed E-state index contributed by atoms with van der Waals surface area (Å²) < 4.78 is 0. The molecule has 0 aliphatic carbocycles. The summed E-state index contributed by atoms with van der Waals surface area (Å²) in [7, 11) is 0. The van der Waals surface area contributed by atoms with Gasteiger partial charge in [0.2, 0.25) is 0 Å². The van der Waals surface area contributed by atoms with Crippen molar-refractivity contribution < 1.29 is 15.0 Å². The second-order valence-electron chi connectivity index (χ2n) is 3.32. The first-order valence-electron chi connectivity index (χ1n) is 4.74. The van der Waals surface area contributed by atoms with E-state index in [-0.39, 0.29) is 6.42 Å². The van der Waals surface area contributed by atoms with Crippen LogP contribution in [0.25, 0.3) is 0 Å². The molecule has 3 heteroatoms. The molecule has 0 saturated heterocycles. The normalized spacial score (nSPS) is 15.4. The average Bonchev–Trinajstić information content (AvgIpc) is 2.02. The van der Waals surface area contributed by atoms with E-state index in [0.717, 1.165) is 17.6 Å². The minimum atomic E-state index is -0.848. The van der Waals surface area contributed by atoms with Gasteiger partial charge in [-0.2, -0.15) is 0 Å². The molecule has 0 aliphatic rings. The Morgan fingerprint density at radius 2 is 2.07 bits per heavy atom. The molecule has 0 aromatic rings. The summed E-state index contributed by atoms with van der Waals surface area (Å²) >= 11 is 0. The van der Waals surface area contributed by atoms with Crippen LogP contribution in [0.1, 0.15) is 33.6 Å². The second kappa shape index (κ2) is 6.38. The van der Waals surface area contributed by atoms with Crippen LogP contribution in [0.2, 0.25) is 0 Å². The Hall–Kier alpha value is -1.09. The lowest BCUT2D eigenvalue weighted by Crippen LogP contribution is -2.03. The fourth-order valence-electron chi connectivity index (χ4n) is 1.03. The minimum Gasteiger partial charge on any atom is -0.481 e. The number of aliphatic hydroxyl groups is 1. The van der Waals surface area contributed by atoms with Gasteiger partial charge in [0.05, 0.1) is 12.5 Å². The third kappa shape index (κ3) is 5.54. The number of carboxylic acid groups (broad SMARTS) is 1. The third-order valence-electron chi connectivity index (χ3n) is 1.89. The molecule has 3 nitrogen and oxygen atoms in total. The predicted molar refractivity (Wildman–Crippen MR) is 56.1 cm³/mol. The van der Waals surface area contributed by atoms with E-state index in [4.69, 9.17) is 5.11 Å². The molecule has 1 unspecified atom stereocenters. The lowest BCUT2D eigenvalue weighted by atomic mass is 10.1. The van der Waals surface area contributed by atoms with Gasteiger partial charge in [0.1, 0.15) is 0 Å². The van der Waals surface area contributed by atoms with Gasteiger partial charge in [-0.3, -0.25) is 4.79 Å². The number of rotatable bonds is 5. The molecule has 0 aromatic carbocycles. The molecule has 0 heterocycles. The molecule has 0 bridgehead atoms. The Kier molecular flexibility index (Phi) is 5.88. The number of allylic oxidation sites excluding steroid dienone is 2. The van der Waals surface area contributed by atoms with Crippen molar-refractivity contribution >= 4 is 5.97 Å². The van der Waals surface area contributed by atoms with E-state index in [9.17, 15) is 9.90 Å². The van der Waals surface area contributed by atoms with Gasteiger partial charge < -0.3 is 10.2 Å². The smallest absolute Gasteiger partial charge is 0.307 e. The van der Waals surface area contributed by atoms with Crippen molar-refractivity contribution in [2.75, 3.05) is 0 Å². The molecule has 0 aromatic heterocycles. The lowest BCUT2D eigenvalue weighted by Gasteiger charge is -2.05. The maximum absolute atomic E-state index is 10.5. The standard InChI is InChI=1S/C11H18O3/c1-4-5-10(7-11(13)14)6-8(2)9(3)12/h5-6,9,12H,4,7H2,1-3H3,(H,13,14)/b8-6-,10-5+. The van der Waals surface area contributed by atoms with Crippen molar-refractivity contribution in [1.29, 1.82) is 0 Å². The fourth-order valence-corrected chi connectivity index (χ4v) is 1.03. The van der Waals surface area contributed by atoms with Crippen LogP contribution in [0.4, 0.5) is 0 Å². The van der Waals surface area contributed by atoms with E-state index in [0.29, 0.717) is 0 Å². The van der Waals surface area contributed by atoms with Crippen LogP contribution in [0, 0.1) is 0 Å². The van der Waals surface area contributed by atoms with Crippen LogP contribution in [0.5, 0.6) is 0 Å². The number of aliphatic carboxylic acids is 1. The first-order valence-corrected chi connectivity index (χ1v) is 4.74. The molecule has 0 saturated carbocycles. The van der Waals surface area contributed by atoms with E-state index in [1.165, 1.54) is 0 Å². The monoisotopic (exact) mass is 198 g/mol. The number of carbonyl (C=O) groups is 1. The molecular formula is C11H18O3. The van der Waals surface area contributed by atoms with Crippen molar-refractivity contribution in [3.8, 4) is 0 Å². The Balaban J connectivity index is 4.60. The molecule has 2 N–H and O–H groups in total. The summed E-state index contributed by atoms with van der Waals surface area (Å²) in [5.41, 5.74) is 1.53. The molecule has 0 rings (SSSR count). The molecule has 0 fully saturated rings. The third-order valence-corrected chi connectivity index (χ3v) is 1.89. The maximum atomic E-state index is 10.5. The number of hydrogen-bond acceptors (Lipinski definition) is 2. The molecule has 0 amide bonds. The van der Waals surface area contributed by atoms with Crippen LogP contribution < -0.4 is 0 Å². The van der Waals surface area contributed by atoms with E-state index in [2.05, 4.69) is 0 Å². The number of aliphatic hydroxyl groups excluding tert-OH is 1. The van der Waals surface area contributed by atoms with Crippen molar-refractivity contribution in [2.45, 2.75) is 39.7 Å². The largest absolute Gasteiger partial charge is 0.481 e. The van der Waals surface area contributed by atoms with Crippen LogP contribution in [0.3, 0.4) is 0 Å². The van der Waals surface area contributed by atoms with Gasteiger partial charge in [0.15, 0.2) is 0 Å². The Labute approximate surface area is 84.8 Å². The van der Waals surface area contributed by atoms with E-state index < -0.39 is 12.1 Å². The van der Waals surface area contributed by atoms with Crippen molar-refractivity contribution in [2.24, 2.45) is 0 Å². The summed E-state index contributed by atoms with van der Waals surface area (Å²) in [4.78, 5) is 10.5. The quantitative estimate of drug-likeness (QED) is 0.665. The Morgan fingerprint density at radius 1 is 1.50 bits per heavy atom. The van der Waals surface area contributed by atoms with Crippen molar-refractivity contribution in [3.05, 3.63) is 23.3 Å². The number of carboxylic acids is 1. The predicted octanol–water partition coefficient (Wildman–Crippen LogP) is 2.12. The van der Waals surface area contributed by atoms with Gasteiger partial charge in [-0.15, -0.1) is 0 Å². The van der Waals surface area contributed by atoms with Gasteiger partial charge in [0.25, 0.3) is 0 Å². The van der Waals surface area contributed by atoms with Gasteiger partial charge in [-0.25, -0.2) is 0 Å². The van der Waals surface area contributed by atoms with Crippen molar-refractivity contribution in [3.63, 3.8) is 0 Å². The van der Waals surface area contributed by atoms with Gasteiger partial charge >= 0.3 is 5.97 Å². The highest BCUT2D eigenvalue weighted by atomic mass is 16.4. The van der Waals surface area contributed by atoms with Crippen LogP contribution in [-0.4, -0.2) is 22.3 Å². The zero-order valence-corrected chi connectivity index (χ0v) is 8.95. The summed E-state index contributed by atoms with van der Waals surface area (Å²) in [6, 6.07) is 0. The van der Waals surface area contributed by atoms with Gasteiger partial charge in [-0.1, -0.05) is 19.1 Å². The molecular weight excluding hydrogens is 180 g/mol. The molecule has 0 aliphatic heterocycles. The molecule has 80 valence electrons. The first kappa shape index (κ1) is 12.9. The maximum Gasteiger partial charge on any atom is 0.307 e.